The lowest BCUT2D eigenvalue weighted by Gasteiger charge is -2.06. The van der Waals surface area contributed by atoms with Gasteiger partial charge in [-0.1, -0.05) is 12.1 Å². The molecule has 0 bridgehead atoms. The van der Waals surface area contributed by atoms with Crippen LogP contribution in [0.2, 0.25) is 0 Å². The molecule has 0 spiro atoms. The van der Waals surface area contributed by atoms with Gasteiger partial charge in [0.1, 0.15) is 5.75 Å². The van der Waals surface area contributed by atoms with E-state index < -0.39 is 0 Å². The topological polar surface area (TPSA) is 73.9 Å². The highest BCUT2D eigenvalue weighted by molar-refractivity contribution is 5.65. The number of methoxy groups -OCH3 is 1. The molecular weight excluding hydrogens is 276 g/mol. The Balaban J connectivity index is 1.89. The average Bonchev–Trinajstić information content (AvgIpc) is 2.58. The fourth-order valence-corrected chi connectivity index (χ4v) is 2.08. The predicted octanol–water partition coefficient (Wildman–Crippen LogP) is 3.10. The summed E-state index contributed by atoms with van der Waals surface area (Å²) in [7, 11) is 1.65. The SMILES string of the molecule is COc1ccc(-c2cnc(-c3cnc(C)c(N)c3)nc2)cc1. The summed E-state index contributed by atoms with van der Waals surface area (Å²) < 4.78 is 5.15. The van der Waals surface area contributed by atoms with Crippen LogP contribution in [0.15, 0.2) is 48.9 Å². The van der Waals surface area contributed by atoms with E-state index in [1.54, 1.807) is 25.7 Å². The van der Waals surface area contributed by atoms with Gasteiger partial charge < -0.3 is 10.5 Å². The smallest absolute Gasteiger partial charge is 0.160 e. The van der Waals surface area contributed by atoms with Crippen LogP contribution < -0.4 is 10.5 Å². The zero-order valence-corrected chi connectivity index (χ0v) is 12.4. The van der Waals surface area contributed by atoms with E-state index in [9.17, 15) is 0 Å². The van der Waals surface area contributed by atoms with E-state index >= 15 is 0 Å². The lowest BCUT2D eigenvalue weighted by molar-refractivity contribution is 0.415. The minimum atomic E-state index is 0.608. The maximum atomic E-state index is 5.88. The molecule has 3 aromatic rings. The number of hydrogen-bond acceptors (Lipinski definition) is 5. The maximum absolute atomic E-state index is 5.88. The van der Waals surface area contributed by atoms with Crippen molar-refractivity contribution < 1.29 is 4.74 Å². The quantitative estimate of drug-likeness (QED) is 0.803. The Hall–Kier alpha value is -2.95. The maximum Gasteiger partial charge on any atom is 0.160 e. The van der Waals surface area contributed by atoms with Gasteiger partial charge in [-0.15, -0.1) is 0 Å². The number of aryl methyl sites for hydroxylation is 1. The van der Waals surface area contributed by atoms with Gasteiger partial charge in [0.2, 0.25) is 0 Å². The van der Waals surface area contributed by atoms with Crippen molar-refractivity contribution in [2.75, 3.05) is 12.8 Å². The predicted molar refractivity (Wildman–Crippen MR) is 86.4 cm³/mol. The highest BCUT2D eigenvalue weighted by Crippen LogP contribution is 2.23. The number of anilines is 1. The first-order valence-corrected chi connectivity index (χ1v) is 6.86. The monoisotopic (exact) mass is 292 g/mol. The van der Waals surface area contributed by atoms with Crippen molar-refractivity contribution in [2.24, 2.45) is 0 Å². The van der Waals surface area contributed by atoms with Crippen LogP contribution in [0, 0.1) is 6.92 Å². The molecule has 2 N–H and O–H groups in total. The van der Waals surface area contributed by atoms with Crippen molar-refractivity contribution >= 4 is 5.69 Å². The number of rotatable bonds is 3. The van der Waals surface area contributed by atoms with E-state index in [2.05, 4.69) is 15.0 Å². The van der Waals surface area contributed by atoms with E-state index in [4.69, 9.17) is 10.5 Å². The molecule has 0 amide bonds. The highest BCUT2D eigenvalue weighted by atomic mass is 16.5. The molecule has 0 saturated heterocycles. The third-order valence-electron chi connectivity index (χ3n) is 3.46. The first-order chi connectivity index (χ1) is 10.7. The Morgan fingerprint density at radius 3 is 2.09 bits per heavy atom. The number of nitrogen functional groups attached to an aromatic ring is 1. The summed E-state index contributed by atoms with van der Waals surface area (Å²) in [4.78, 5) is 13.0. The molecule has 1 aromatic carbocycles. The van der Waals surface area contributed by atoms with Crippen LogP contribution in [-0.4, -0.2) is 22.1 Å². The molecule has 5 heteroatoms. The van der Waals surface area contributed by atoms with Gasteiger partial charge >= 0.3 is 0 Å². The van der Waals surface area contributed by atoms with Gasteiger partial charge in [0.05, 0.1) is 18.5 Å². The molecule has 5 nitrogen and oxygen atoms in total. The second-order valence-electron chi connectivity index (χ2n) is 4.92. The fraction of sp³-hybridized carbons (Fsp3) is 0.118. The molecule has 0 fully saturated rings. The molecule has 0 atom stereocenters. The summed E-state index contributed by atoms with van der Waals surface area (Å²) in [6.45, 7) is 1.87. The zero-order chi connectivity index (χ0) is 15.5. The van der Waals surface area contributed by atoms with Gasteiger partial charge in [0.25, 0.3) is 0 Å². The van der Waals surface area contributed by atoms with Crippen LogP contribution in [0.5, 0.6) is 5.75 Å². The van der Waals surface area contributed by atoms with Crippen molar-refractivity contribution in [3.63, 3.8) is 0 Å². The van der Waals surface area contributed by atoms with Crippen LogP contribution in [0.4, 0.5) is 5.69 Å². The third-order valence-corrected chi connectivity index (χ3v) is 3.46. The third kappa shape index (κ3) is 2.74. The molecule has 0 aliphatic carbocycles. The van der Waals surface area contributed by atoms with E-state index in [1.165, 1.54) is 0 Å². The summed E-state index contributed by atoms with van der Waals surface area (Å²) in [5, 5.41) is 0. The second-order valence-corrected chi connectivity index (χ2v) is 4.92. The van der Waals surface area contributed by atoms with Gasteiger partial charge in [0, 0.05) is 29.7 Å². The standard InChI is InChI=1S/C17H16N4O/c1-11-16(18)7-13(8-19-11)17-20-9-14(10-21-17)12-3-5-15(22-2)6-4-12/h3-10H,18H2,1-2H3. The molecule has 0 unspecified atom stereocenters. The van der Waals surface area contributed by atoms with E-state index in [1.807, 2.05) is 37.3 Å². The van der Waals surface area contributed by atoms with Crippen LogP contribution in [0.25, 0.3) is 22.5 Å². The highest BCUT2D eigenvalue weighted by Gasteiger charge is 2.05. The molecule has 0 radical (unpaired) electrons. The van der Waals surface area contributed by atoms with E-state index in [-0.39, 0.29) is 0 Å². The lowest BCUT2D eigenvalue weighted by Crippen LogP contribution is -1.96. The van der Waals surface area contributed by atoms with Gasteiger partial charge in [-0.3, -0.25) is 4.98 Å². The molecule has 3 rings (SSSR count). The van der Waals surface area contributed by atoms with Crippen molar-refractivity contribution in [3.8, 4) is 28.3 Å². The van der Waals surface area contributed by atoms with Crippen LogP contribution in [0.3, 0.4) is 0 Å². The van der Waals surface area contributed by atoms with Crippen molar-refractivity contribution in [3.05, 3.63) is 54.6 Å². The first kappa shape index (κ1) is 14.0. The van der Waals surface area contributed by atoms with Crippen molar-refractivity contribution in [1.82, 2.24) is 15.0 Å². The Morgan fingerprint density at radius 2 is 1.50 bits per heavy atom. The summed E-state index contributed by atoms with van der Waals surface area (Å²) >= 11 is 0. The van der Waals surface area contributed by atoms with Gasteiger partial charge in [0.15, 0.2) is 5.82 Å². The minimum Gasteiger partial charge on any atom is -0.497 e. The molecule has 0 saturated carbocycles. The van der Waals surface area contributed by atoms with Gasteiger partial charge in [-0.25, -0.2) is 9.97 Å². The Bertz CT molecular complexity index is 783. The summed E-state index contributed by atoms with van der Waals surface area (Å²) in [5.41, 5.74) is 10.1. The number of nitrogens with zero attached hydrogens (tertiary/aromatic N) is 3. The molecule has 22 heavy (non-hydrogen) atoms. The number of pyridine rings is 1. The molecule has 0 aliphatic heterocycles. The largest absolute Gasteiger partial charge is 0.497 e. The van der Waals surface area contributed by atoms with Crippen LogP contribution >= 0.6 is 0 Å². The Kier molecular flexibility index (Phi) is 3.70. The minimum absolute atomic E-state index is 0.608. The van der Waals surface area contributed by atoms with Gasteiger partial charge in [-0.05, 0) is 30.7 Å². The normalized spacial score (nSPS) is 10.5. The summed E-state index contributed by atoms with van der Waals surface area (Å²) in [6, 6.07) is 9.61. The summed E-state index contributed by atoms with van der Waals surface area (Å²) in [5.74, 6) is 1.43. The number of nitrogens with two attached hydrogens (primary N) is 1. The fourth-order valence-electron chi connectivity index (χ4n) is 2.08. The second kappa shape index (κ2) is 5.81. The number of aromatic nitrogens is 3. The average molecular weight is 292 g/mol. The first-order valence-electron chi connectivity index (χ1n) is 6.86. The molecule has 0 aliphatic rings. The van der Waals surface area contributed by atoms with Crippen LogP contribution in [0.1, 0.15) is 5.69 Å². The summed E-state index contributed by atoms with van der Waals surface area (Å²) in [6.07, 6.45) is 5.31. The molecule has 2 aromatic heterocycles. The lowest BCUT2D eigenvalue weighted by atomic mass is 10.1. The van der Waals surface area contributed by atoms with E-state index in [0.717, 1.165) is 28.1 Å². The molecule has 110 valence electrons. The number of hydrogen-bond donors (Lipinski definition) is 1. The number of benzene rings is 1. The van der Waals surface area contributed by atoms with Crippen LogP contribution in [-0.2, 0) is 0 Å². The Labute approximate surface area is 128 Å². The Morgan fingerprint density at radius 1 is 0.864 bits per heavy atom. The van der Waals surface area contributed by atoms with Crippen molar-refractivity contribution in [1.29, 1.82) is 0 Å². The zero-order valence-electron chi connectivity index (χ0n) is 12.4. The number of ether oxygens (including phenoxy) is 1. The van der Waals surface area contributed by atoms with Gasteiger partial charge in [-0.2, -0.15) is 0 Å². The molecule has 2 heterocycles. The molecular formula is C17H16N4O. The van der Waals surface area contributed by atoms with E-state index in [0.29, 0.717) is 11.5 Å². The van der Waals surface area contributed by atoms with Crippen molar-refractivity contribution in [2.45, 2.75) is 6.92 Å².